The lowest BCUT2D eigenvalue weighted by molar-refractivity contribution is 0.0247. The largest absolute Gasteiger partial charge is 0.381 e. The van der Waals surface area contributed by atoms with Gasteiger partial charge in [0.15, 0.2) is 5.11 Å². The van der Waals surface area contributed by atoms with Crippen LogP contribution in [0.3, 0.4) is 0 Å². The summed E-state index contributed by atoms with van der Waals surface area (Å²) in [5.74, 6) is 0. The molecule has 2 N–H and O–H groups in total. The van der Waals surface area contributed by atoms with Crippen molar-refractivity contribution < 1.29 is 4.74 Å². The van der Waals surface area contributed by atoms with E-state index in [1.807, 2.05) is 25.1 Å². The van der Waals surface area contributed by atoms with Crippen LogP contribution in [0.2, 0.25) is 5.02 Å². The molecule has 132 valence electrons. The number of rotatable bonds is 3. The molecule has 2 heterocycles. The maximum atomic E-state index is 6.32. The first kappa shape index (κ1) is 17.9. The van der Waals surface area contributed by atoms with Crippen LogP contribution >= 0.6 is 23.8 Å². The van der Waals surface area contributed by atoms with Gasteiger partial charge in [0.05, 0.1) is 10.7 Å². The molecule has 2 fully saturated rings. The van der Waals surface area contributed by atoms with Gasteiger partial charge in [0.1, 0.15) is 0 Å². The smallest absolute Gasteiger partial charge is 0.171 e. The summed E-state index contributed by atoms with van der Waals surface area (Å²) in [5.41, 5.74) is 1.92. The van der Waals surface area contributed by atoms with Gasteiger partial charge >= 0.3 is 0 Å². The second kappa shape index (κ2) is 8.48. The molecule has 0 spiro atoms. The number of nitrogens with zero attached hydrogens (tertiary/aromatic N) is 1. The minimum absolute atomic E-state index is 0.435. The predicted octanol–water partition coefficient (Wildman–Crippen LogP) is 3.58. The quantitative estimate of drug-likeness (QED) is 0.798. The molecule has 1 aromatic rings. The summed E-state index contributed by atoms with van der Waals surface area (Å²) in [7, 11) is 0. The van der Waals surface area contributed by atoms with Crippen molar-refractivity contribution in [1.29, 1.82) is 0 Å². The Bertz CT molecular complexity index is 569. The number of hydrogen-bond donors (Lipinski definition) is 2. The molecule has 0 amide bonds. The summed E-state index contributed by atoms with van der Waals surface area (Å²) in [6, 6.07) is 7.08. The van der Waals surface area contributed by atoms with Crippen LogP contribution < -0.4 is 10.6 Å². The molecule has 1 aromatic carbocycles. The Labute approximate surface area is 154 Å². The number of benzene rings is 1. The molecule has 24 heavy (non-hydrogen) atoms. The second-order valence-corrected chi connectivity index (χ2v) is 7.47. The SMILES string of the molecule is Cc1cccc(NC(=S)NC2CCN(C3CCOCC3)CC2)c1Cl. The first-order chi connectivity index (χ1) is 11.6. The van der Waals surface area contributed by atoms with Crippen molar-refractivity contribution in [2.45, 2.75) is 44.7 Å². The Morgan fingerprint density at radius 2 is 1.92 bits per heavy atom. The van der Waals surface area contributed by atoms with E-state index in [-0.39, 0.29) is 0 Å². The molecule has 2 saturated heterocycles. The van der Waals surface area contributed by atoms with E-state index in [2.05, 4.69) is 15.5 Å². The third-order valence-corrected chi connectivity index (χ3v) is 5.73. The van der Waals surface area contributed by atoms with Crippen LogP contribution in [0.15, 0.2) is 18.2 Å². The molecule has 2 aliphatic rings. The zero-order valence-electron chi connectivity index (χ0n) is 14.2. The van der Waals surface area contributed by atoms with E-state index in [1.54, 1.807) is 0 Å². The highest BCUT2D eigenvalue weighted by molar-refractivity contribution is 7.80. The van der Waals surface area contributed by atoms with Gasteiger partial charge < -0.3 is 20.3 Å². The van der Waals surface area contributed by atoms with E-state index in [9.17, 15) is 0 Å². The summed E-state index contributed by atoms with van der Waals surface area (Å²) in [6.45, 7) is 6.09. The van der Waals surface area contributed by atoms with Crippen molar-refractivity contribution in [1.82, 2.24) is 10.2 Å². The van der Waals surface area contributed by atoms with E-state index in [0.717, 1.165) is 55.4 Å². The molecular weight excluding hydrogens is 342 g/mol. The van der Waals surface area contributed by atoms with Crippen molar-refractivity contribution in [2.75, 3.05) is 31.6 Å². The monoisotopic (exact) mass is 367 g/mol. The number of halogens is 1. The number of hydrogen-bond acceptors (Lipinski definition) is 3. The minimum Gasteiger partial charge on any atom is -0.381 e. The van der Waals surface area contributed by atoms with Gasteiger partial charge in [-0.25, -0.2) is 0 Å². The molecule has 0 aromatic heterocycles. The van der Waals surface area contributed by atoms with E-state index in [0.29, 0.717) is 17.2 Å². The normalized spacial score (nSPS) is 20.8. The third-order valence-electron chi connectivity index (χ3n) is 5.01. The molecule has 0 atom stereocenters. The highest BCUT2D eigenvalue weighted by Gasteiger charge is 2.26. The van der Waals surface area contributed by atoms with Gasteiger partial charge in [0.2, 0.25) is 0 Å². The lowest BCUT2D eigenvalue weighted by atomic mass is 10.00. The van der Waals surface area contributed by atoms with Crippen LogP contribution in [0.25, 0.3) is 0 Å². The molecular formula is C18H26ClN3OS. The molecule has 0 bridgehead atoms. The maximum Gasteiger partial charge on any atom is 0.171 e. The van der Waals surface area contributed by atoms with E-state index in [1.165, 1.54) is 12.8 Å². The molecule has 2 aliphatic heterocycles. The Morgan fingerprint density at radius 1 is 1.21 bits per heavy atom. The highest BCUT2D eigenvalue weighted by atomic mass is 35.5. The molecule has 0 radical (unpaired) electrons. The van der Waals surface area contributed by atoms with Crippen LogP contribution in [0, 0.1) is 6.92 Å². The van der Waals surface area contributed by atoms with Crippen LogP contribution in [0.1, 0.15) is 31.2 Å². The lowest BCUT2D eigenvalue weighted by Crippen LogP contribution is -2.49. The number of piperidine rings is 1. The predicted molar refractivity (Wildman–Crippen MR) is 104 cm³/mol. The summed E-state index contributed by atoms with van der Waals surface area (Å²) in [6.07, 6.45) is 4.59. The van der Waals surface area contributed by atoms with Gasteiger partial charge in [-0.05, 0) is 56.5 Å². The van der Waals surface area contributed by atoms with Crippen LogP contribution in [-0.2, 0) is 4.74 Å². The second-order valence-electron chi connectivity index (χ2n) is 6.69. The van der Waals surface area contributed by atoms with Gasteiger partial charge in [-0.2, -0.15) is 0 Å². The van der Waals surface area contributed by atoms with Crippen molar-refractivity contribution in [2.24, 2.45) is 0 Å². The molecule has 6 heteroatoms. The fourth-order valence-corrected chi connectivity index (χ4v) is 4.00. The summed E-state index contributed by atoms with van der Waals surface area (Å²) in [4.78, 5) is 2.62. The van der Waals surface area contributed by atoms with Gasteiger partial charge in [0.25, 0.3) is 0 Å². The minimum atomic E-state index is 0.435. The van der Waals surface area contributed by atoms with E-state index in [4.69, 9.17) is 28.6 Å². The summed E-state index contributed by atoms with van der Waals surface area (Å²) < 4.78 is 5.46. The number of anilines is 1. The van der Waals surface area contributed by atoms with Crippen LogP contribution in [0.4, 0.5) is 5.69 Å². The average molecular weight is 368 g/mol. The molecule has 3 rings (SSSR count). The summed E-state index contributed by atoms with van der Waals surface area (Å²) >= 11 is 11.8. The number of ether oxygens (including phenoxy) is 1. The van der Waals surface area contributed by atoms with Crippen molar-refractivity contribution >= 4 is 34.6 Å². The lowest BCUT2D eigenvalue weighted by Gasteiger charge is -2.39. The Kier molecular flexibility index (Phi) is 6.33. The fourth-order valence-electron chi connectivity index (χ4n) is 3.55. The number of nitrogens with one attached hydrogen (secondary N) is 2. The van der Waals surface area contributed by atoms with Crippen molar-refractivity contribution in [3.05, 3.63) is 28.8 Å². The van der Waals surface area contributed by atoms with Crippen molar-refractivity contribution in [3.8, 4) is 0 Å². The first-order valence-corrected chi connectivity index (χ1v) is 9.56. The number of thiocarbonyl (C=S) groups is 1. The Balaban J connectivity index is 1.45. The van der Waals surface area contributed by atoms with Gasteiger partial charge in [-0.3, -0.25) is 0 Å². The van der Waals surface area contributed by atoms with Crippen LogP contribution in [0.5, 0.6) is 0 Å². The maximum absolute atomic E-state index is 6.32. The number of aryl methyl sites for hydroxylation is 1. The zero-order valence-corrected chi connectivity index (χ0v) is 15.8. The van der Waals surface area contributed by atoms with Crippen LogP contribution in [-0.4, -0.2) is 48.4 Å². The van der Waals surface area contributed by atoms with Gasteiger partial charge in [-0.15, -0.1) is 0 Å². The molecule has 0 saturated carbocycles. The van der Waals surface area contributed by atoms with Crippen molar-refractivity contribution in [3.63, 3.8) is 0 Å². The molecule has 0 unspecified atom stereocenters. The first-order valence-electron chi connectivity index (χ1n) is 8.78. The van der Waals surface area contributed by atoms with Gasteiger partial charge in [-0.1, -0.05) is 23.7 Å². The Hall–Kier alpha value is -0.880. The standard InChI is InChI=1S/C18H26ClN3OS/c1-13-3-2-4-16(17(13)19)21-18(24)20-14-5-9-22(10-6-14)15-7-11-23-12-8-15/h2-4,14-15H,5-12H2,1H3,(H2,20,21,24). The topological polar surface area (TPSA) is 36.5 Å². The fraction of sp³-hybridized carbons (Fsp3) is 0.611. The third kappa shape index (κ3) is 4.60. The molecule has 0 aliphatic carbocycles. The average Bonchev–Trinajstić information content (AvgIpc) is 2.60. The van der Waals surface area contributed by atoms with E-state index >= 15 is 0 Å². The highest BCUT2D eigenvalue weighted by Crippen LogP contribution is 2.25. The van der Waals surface area contributed by atoms with Gasteiger partial charge in [0, 0.05) is 38.4 Å². The Morgan fingerprint density at radius 3 is 2.62 bits per heavy atom. The summed E-state index contributed by atoms with van der Waals surface area (Å²) in [5, 5.41) is 8.07. The number of likely N-dealkylation sites (tertiary alicyclic amines) is 1. The zero-order chi connectivity index (χ0) is 16.9. The van der Waals surface area contributed by atoms with E-state index < -0.39 is 0 Å². The molecule has 4 nitrogen and oxygen atoms in total.